The summed E-state index contributed by atoms with van der Waals surface area (Å²) in [4.78, 5) is 42.4. The van der Waals surface area contributed by atoms with E-state index in [0.29, 0.717) is 61.0 Å². The summed E-state index contributed by atoms with van der Waals surface area (Å²) in [5.74, 6) is -0.372. The zero-order chi connectivity index (χ0) is 30.7. The van der Waals surface area contributed by atoms with Gasteiger partial charge in [-0.25, -0.2) is 15.3 Å². The number of pyridine rings is 2. The molecule has 0 spiro atoms. The van der Waals surface area contributed by atoms with Crippen molar-refractivity contribution >= 4 is 22.8 Å². The second-order valence-electron chi connectivity index (χ2n) is 11.6. The lowest BCUT2D eigenvalue weighted by Gasteiger charge is -2.31. The molecular formula is C32H40N4O7. The van der Waals surface area contributed by atoms with E-state index in [9.17, 15) is 19.5 Å². The summed E-state index contributed by atoms with van der Waals surface area (Å²) in [6.07, 6.45) is 4.44. The van der Waals surface area contributed by atoms with Crippen LogP contribution in [-0.2, 0) is 39.5 Å². The highest BCUT2D eigenvalue weighted by Gasteiger charge is 2.45. The van der Waals surface area contributed by atoms with Crippen molar-refractivity contribution in [2.75, 3.05) is 13.2 Å². The summed E-state index contributed by atoms with van der Waals surface area (Å²) < 4.78 is 13.0. The molecule has 0 bridgehead atoms. The lowest BCUT2D eigenvalue weighted by Crippen LogP contribution is -2.44. The van der Waals surface area contributed by atoms with Crippen molar-refractivity contribution in [2.45, 2.75) is 90.5 Å². The highest BCUT2D eigenvalue weighted by Crippen LogP contribution is 2.40. The third-order valence-electron chi connectivity index (χ3n) is 8.40. The Morgan fingerprint density at radius 3 is 2.70 bits per heavy atom. The van der Waals surface area contributed by atoms with Gasteiger partial charge >= 0.3 is 5.97 Å². The van der Waals surface area contributed by atoms with Crippen molar-refractivity contribution in [3.05, 3.63) is 56.9 Å². The van der Waals surface area contributed by atoms with Crippen LogP contribution in [0.1, 0.15) is 81.5 Å². The third-order valence-corrected chi connectivity index (χ3v) is 8.40. The van der Waals surface area contributed by atoms with Crippen LogP contribution in [-0.4, -0.2) is 50.9 Å². The van der Waals surface area contributed by atoms with Gasteiger partial charge in [0.05, 0.1) is 35.6 Å². The Hall–Kier alpha value is -3.80. The van der Waals surface area contributed by atoms with E-state index in [4.69, 9.17) is 19.7 Å². The summed E-state index contributed by atoms with van der Waals surface area (Å²) in [7, 11) is 0. The van der Waals surface area contributed by atoms with E-state index in [1.165, 1.54) is 0 Å². The second kappa shape index (κ2) is 12.8. The monoisotopic (exact) mass is 592 g/mol. The molecule has 4 N–H and O–H groups in total. The number of aliphatic hydroxyl groups is 1. The molecule has 1 amide bonds. The molecule has 2 aliphatic rings. The molecule has 0 saturated heterocycles. The highest BCUT2D eigenvalue weighted by molar-refractivity contribution is 5.90. The van der Waals surface area contributed by atoms with E-state index in [2.05, 4.69) is 19.2 Å². The van der Waals surface area contributed by atoms with Crippen molar-refractivity contribution in [3.8, 4) is 17.1 Å². The summed E-state index contributed by atoms with van der Waals surface area (Å²) in [6, 6.07) is 7.89. The van der Waals surface area contributed by atoms with E-state index < -0.39 is 11.6 Å². The van der Waals surface area contributed by atoms with Crippen LogP contribution in [0.4, 0.5) is 0 Å². The molecule has 5 rings (SSSR count). The molecule has 2 aliphatic heterocycles. The van der Waals surface area contributed by atoms with Crippen LogP contribution in [0.15, 0.2) is 29.1 Å². The van der Waals surface area contributed by atoms with E-state index in [1.54, 1.807) is 23.0 Å². The number of ether oxygens (including phenoxy) is 2. The first-order valence-electron chi connectivity index (χ1n) is 15.1. The third kappa shape index (κ3) is 6.02. The maximum atomic E-state index is 13.7. The van der Waals surface area contributed by atoms with Crippen LogP contribution in [0.3, 0.4) is 0 Å². The molecule has 2 aromatic heterocycles. The number of carbonyl (C=O) groups excluding carboxylic acids is 2. The van der Waals surface area contributed by atoms with E-state index in [-0.39, 0.29) is 24.5 Å². The van der Waals surface area contributed by atoms with Crippen molar-refractivity contribution in [3.63, 3.8) is 0 Å². The second-order valence-corrected chi connectivity index (χ2v) is 11.6. The summed E-state index contributed by atoms with van der Waals surface area (Å²) in [5.41, 5.74) is 4.21. The number of cyclic esters (lactones) is 1. The number of nitrogens with one attached hydrogen (secondary N) is 2. The number of aromatic nitrogens is 2. The number of nitrogens with zero attached hydrogens (tertiary/aromatic N) is 2. The quantitative estimate of drug-likeness (QED) is 0.0792. The fourth-order valence-electron chi connectivity index (χ4n) is 5.99. The molecule has 11 nitrogen and oxygen atoms in total. The first kappa shape index (κ1) is 30.7. The fraction of sp³-hybridized carbons (Fsp3) is 0.500. The van der Waals surface area contributed by atoms with Crippen molar-refractivity contribution in [2.24, 2.45) is 0 Å². The summed E-state index contributed by atoms with van der Waals surface area (Å²) in [6.45, 7) is 7.34. The zero-order valence-electron chi connectivity index (χ0n) is 25.0. The molecule has 43 heavy (non-hydrogen) atoms. The average Bonchev–Trinajstić information content (AvgIpc) is 3.36. The molecule has 0 fully saturated rings. The van der Waals surface area contributed by atoms with Gasteiger partial charge in [-0.2, -0.15) is 0 Å². The van der Waals surface area contributed by atoms with Crippen molar-refractivity contribution in [1.29, 1.82) is 0 Å². The lowest BCUT2D eigenvalue weighted by atomic mass is 9.86. The van der Waals surface area contributed by atoms with Crippen LogP contribution in [0, 0.1) is 0 Å². The molecule has 0 aliphatic carbocycles. The molecule has 1 atom stereocenters. The van der Waals surface area contributed by atoms with E-state index in [1.807, 2.05) is 18.2 Å². The Balaban J connectivity index is 1.46. The Morgan fingerprint density at radius 1 is 1.16 bits per heavy atom. The molecule has 3 aromatic rings. The van der Waals surface area contributed by atoms with Gasteiger partial charge in [-0.15, -0.1) is 0 Å². The predicted molar refractivity (Wildman–Crippen MR) is 160 cm³/mol. The van der Waals surface area contributed by atoms with Gasteiger partial charge in [-0.1, -0.05) is 33.6 Å². The Kier molecular flexibility index (Phi) is 9.14. The maximum Gasteiger partial charge on any atom is 0.343 e. The van der Waals surface area contributed by atoms with Gasteiger partial charge in [0.25, 0.3) is 5.56 Å². The summed E-state index contributed by atoms with van der Waals surface area (Å²) in [5, 5.41) is 24.2. The molecule has 4 heterocycles. The smallest absolute Gasteiger partial charge is 0.343 e. The van der Waals surface area contributed by atoms with Gasteiger partial charge in [-0.3, -0.25) is 14.8 Å². The molecule has 0 saturated carbocycles. The SMILES string of the molecule is CCC1(O)C(=O)OCc2c1cc1n(c2=O)Cc2c-1nc1ccc(OCCCCCCC(=O)NO)cc1c2CCNC(C)C. The van der Waals surface area contributed by atoms with Gasteiger partial charge < -0.3 is 24.5 Å². The fourth-order valence-corrected chi connectivity index (χ4v) is 5.99. The van der Waals surface area contributed by atoms with Crippen LogP contribution in [0.5, 0.6) is 5.75 Å². The standard InChI is InChI=1S/C32H40N4O7/c1-4-32(40)25-16-27-29-23(17-36(27)30(38)24(25)18-43-31(32)39)21(12-13-33-19(2)3)22-15-20(10-11-26(22)34-29)42-14-8-6-5-7-9-28(37)35-41/h10-11,15-16,19,33,40-41H,4-9,12-14,17-18H2,1-3H3,(H,35,37). The number of hydrogen-bond donors (Lipinski definition) is 4. The van der Waals surface area contributed by atoms with E-state index in [0.717, 1.165) is 53.6 Å². The number of benzene rings is 1. The first-order valence-corrected chi connectivity index (χ1v) is 15.1. The van der Waals surface area contributed by atoms with Gasteiger partial charge in [0, 0.05) is 29.0 Å². The van der Waals surface area contributed by atoms with Gasteiger partial charge in [0.15, 0.2) is 5.60 Å². The van der Waals surface area contributed by atoms with Crippen LogP contribution in [0.25, 0.3) is 22.3 Å². The number of unbranched alkanes of at least 4 members (excludes halogenated alkanes) is 3. The largest absolute Gasteiger partial charge is 0.494 e. The minimum absolute atomic E-state index is 0.0928. The van der Waals surface area contributed by atoms with Gasteiger partial charge in [-0.05, 0) is 62.1 Å². The zero-order valence-corrected chi connectivity index (χ0v) is 25.0. The number of hydroxylamine groups is 1. The average molecular weight is 593 g/mol. The van der Waals surface area contributed by atoms with E-state index >= 15 is 0 Å². The molecular weight excluding hydrogens is 552 g/mol. The molecule has 1 aromatic carbocycles. The minimum atomic E-state index is -1.87. The van der Waals surface area contributed by atoms with Crippen LogP contribution in [0.2, 0.25) is 0 Å². The first-order chi connectivity index (χ1) is 20.7. The Labute approximate surface area is 250 Å². The number of hydrogen-bond acceptors (Lipinski definition) is 9. The topological polar surface area (TPSA) is 152 Å². The maximum absolute atomic E-state index is 13.7. The van der Waals surface area contributed by atoms with Crippen molar-refractivity contribution in [1.82, 2.24) is 20.3 Å². The minimum Gasteiger partial charge on any atom is -0.494 e. The predicted octanol–water partition coefficient (Wildman–Crippen LogP) is 3.45. The molecule has 0 radical (unpaired) electrons. The molecule has 230 valence electrons. The number of fused-ring (bicyclic) bond motifs is 5. The normalized spacial score (nSPS) is 17.0. The highest BCUT2D eigenvalue weighted by atomic mass is 16.6. The van der Waals surface area contributed by atoms with Crippen LogP contribution >= 0.6 is 0 Å². The van der Waals surface area contributed by atoms with Gasteiger partial charge in [0.1, 0.15) is 12.4 Å². The van der Waals surface area contributed by atoms with Gasteiger partial charge in [0.2, 0.25) is 5.91 Å². The van der Waals surface area contributed by atoms with Crippen molar-refractivity contribution < 1.29 is 29.4 Å². The number of rotatable bonds is 13. The number of amides is 1. The number of carbonyl (C=O) groups is 2. The molecule has 1 unspecified atom stereocenters. The lowest BCUT2D eigenvalue weighted by molar-refractivity contribution is -0.172. The summed E-state index contributed by atoms with van der Waals surface area (Å²) >= 11 is 0. The van der Waals surface area contributed by atoms with Crippen LogP contribution < -0.4 is 21.1 Å². The molecule has 11 heteroatoms. The Bertz CT molecular complexity index is 1600. The Morgan fingerprint density at radius 2 is 1.95 bits per heavy atom. The number of esters is 1.